The SMILES string of the molecule is CN(C)c1cnn(CC(=O)N2CC(F)CC2C(=O)NC(c2ccccc2)c2ccc(C3CC3)c(F)c2)n1. The molecule has 2 aromatic carbocycles. The van der Waals surface area contributed by atoms with Gasteiger partial charge < -0.3 is 15.1 Å². The summed E-state index contributed by atoms with van der Waals surface area (Å²) in [5.74, 6) is -0.386. The van der Waals surface area contributed by atoms with E-state index >= 15 is 0 Å². The van der Waals surface area contributed by atoms with Crippen LogP contribution in [-0.4, -0.2) is 64.6 Å². The lowest BCUT2D eigenvalue weighted by Crippen LogP contribution is -2.48. The smallest absolute Gasteiger partial charge is 0.246 e. The van der Waals surface area contributed by atoms with Gasteiger partial charge in [-0.1, -0.05) is 42.5 Å². The molecule has 10 heteroatoms. The van der Waals surface area contributed by atoms with Gasteiger partial charge in [0.1, 0.15) is 24.6 Å². The fourth-order valence-electron chi connectivity index (χ4n) is 4.78. The van der Waals surface area contributed by atoms with Crippen LogP contribution in [0.3, 0.4) is 0 Å². The van der Waals surface area contributed by atoms with E-state index in [0.29, 0.717) is 16.9 Å². The first kappa shape index (κ1) is 24.9. The number of nitrogens with zero attached hydrogens (tertiary/aromatic N) is 5. The Balaban J connectivity index is 1.36. The molecule has 5 rings (SSSR count). The monoisotopic (exact) mass is 508 g/mol. The molecule has 3 atom stereocenters. The summed E-state index contributed by atoms with van der Waals surface area (Å²) in [6, 6.07) is 12.7. The van der Waals surface area contributed by atoms with Crippen molar-refractivity contribution in [2.24, 2.45) is 0 Å². The number of carbonyl (C=O) groups excluding carboxylic acids is 2. The average molecular weight is 509 g/mol. The van der Waals surface area contributed by atoms with Gasteiger partial charge in [0.2, 0.25) is 11.8 Å². The first-order valence-corrected chi connectivity index (χ1v) is 12.5. The van der Waals surface area contributed by atoms with Crippen molar-refractivity contribution in [1.29, 1.82) is 0 Å². The van der Waals surface area contributed by atoms with Gasteiger partial charge in [-0.3, -0.25) is 9.59 Å². The molecule has 1 aliphatic carbocycles. The first-order chi connectivity index (χ1) is 17.8. The predicted octanol–water partition coefficient (Wildman–Crippen LogP) is 3.21. The Morgan fingerprint density at radius 3 is 2.54 bits per heavy atom. The number of carbonyl (C=O) groups is 2. The molecule has 0 bridgehead atoms. The van der Waals surface area contributed by atoms with Crippen LogP contribution in [0.5, 0.6) is 0 Å². The number of amides is 2. The third-order valence-electron chi connectivity index (χ3n) is 6.93. The van der Waals surface area contributed by atoms with Crippen molar-refractivity contribution in [3.63, 3.8) is 0 Å². The number of rotatable bonds is 8. The Morgan fingerprint density at radius 1 is 1.14 bits per heavy atom. The topological polar surface area (TPSA) is 83.4 Å². The van der Waals surface area contributed by atoms with Gasteiger partial charge in [0.05, 0.1) is 18.8 Å². The summed E-state index contributed by atoms with van der Waals surface area (Å²) in [7, 11) is 3.61. The average Bonchev–Trinajstić information content (AvgIpc) is 3.47. The maximum atomic E-state index is 14.9. The molecular weight excluding hydrogens is 478 g/mol. The third-order valence-corrected chi connectivity index (χ3v) is 6.93. The second-order valence-electron chi connectivity index (χ2n) is 9.93. The predicted molar refractivity (Wildman–Crippen MR) is 134 cm³/mol. The molecule has 1 N–H and O–H groups in total. The van der Waals surface area contributed by atoms with E-state index in [0.717, 1.165) is 18.4 Å². The molecule has 1 saturated carbocycles. The number of halogens is 2. The summed E-state index contributed by atoms with van der Waals surface area (Å²) < 4.78 is 29.4. The number of benzene rings is 2. The number of anilines is 1. The highest BCUT2D eigenvalue weighted by atomic mass is 19.1. The molecule has 2 fully saturated rings. The fourth-order valence-corrected chi connectivity index (χ4v) is 4.78. The van der Waals surface area contributed by atoms with Crippen molar-refractivity contribution >= 4 is 17.6 Å². The minimum atomic E-state index is -1.33. The summed E-state index contributed by atoms with van der Waals surface area (Å²) in [5, 5.41) is 11.3. The maximum Gasteiger partial charge on any atom is 0.246 e. The van der Waals surface area contributed by atoms with E-state index < -0.39 is 30.1 Å². The van der Waals surface area contributed by atoms with E-state index in [2.05, 4.69) is 15.5 Å². The number of aromatic nitrogens is 3. The lowest BCUT2D eigenvalue weighted by molar-refractivity contribution is -0.139. The molecular formula is C27H30F2N6O2. The van der Waals surface area contributed by atoms with Crippen LogP contribution in [0, 0.1) is 5.82 Å². The van der Waals surface area contributed by atoms with E-state index in [-0.39, 0.29) is 31.2 Å². The maximum absolute atomic E-state index is 14.9. The van der Waals surface area contributed by atoms with Crippen molar-refractivity contribution < 1.29 is 18.4 Å². The minimum absolute atomic E-state index is 0.108. The molecule has 2 aliphatic rings. The lowest BCUT2D eigenvalue weighted by atomic mass is 9.96. The van der Waals surface area contributed by atoms with Crippen LogP contribution in [0.15, 0.2) is 54.7 Å². The number of hydrogen-bond donors (Lipinski definition) is 1. The zero-order valence-electron chi connectivity index (χ0n) is 20.8. The number of nitrogens with one attached hydrogen (secondary N) is 1. The van der Waals surface area contributed by atoms with E-state index in [1.54, 1.807) is 25.1 Å². The summed E-state index contributed by atoms with van der Waals surface area (Å²) >= 11 is 0. The quantitative estimate of drug-likeness (QED) is 0.505. The van der Waals surface area contributed by atoms with Crippen LogP contribution in [0.25, 0.3) is 0 Å². The van der Waals surface area contributed by atoms with Gasteiger partial charge >= 0.3 is 0 Å². The van der Waals surface area contributed by atoms with E-state index in [1.165, 1.54) is 22.0 Å². The summed E-state index contributed by atoms with van der Waals surface area (Å²) in [5.41, 5.74) is 2.05. The summed E-state index contributed by atoms with van der Waals surface area (Å²) in [6.07, 6.45) is 2.06. The molecule has 0 radical (unpaired) electrons. The van der Waals surface area contributed by atoms with Gasteiger partial charge in [0.15, 0.2) is 5.82 Å². The zero-order valence-corrected chi connectivity index (χ0v) is 20.8. The Labute approximate surface area is 214 Å². The van der Waals surface area contributed by atoms with Gasteiger partial charge in [-0.05, 0) is 41.5 Å². The molecule has 37 heavy (non-hydrogen) atoms. The summed E-state index contributed by atoms with van der Waals surface area (Å²) in [6.45, 7) is -0.389. The highest BCUT2D eigenvalue weighted by Crippen LogP contribution is 2.42. The minimum Gasteiger partial charge on any atom is -0.360 e. The molecule has 3 unspecified atom stereocenters. The summed E-state index contributed by atoms with van der Waals surface area (Å²) in [4.78, 5) is 30.7. The fraction of sp³-hybridized carbons (Fsp3) is 0.407. The van der Waals surface area contributed by atoms with Crippen molar-refractivity contribution in [3.8, 4) is 0 Å². The normalized spacial score (nSPS) is 20.1. The van der Waals surface area contributed by atoms with Gasteiger partial charge in [-0.15, -0.1) is 5.10 Å². The van der Waals surface area contributed by atoms with Crippen LogP contribution >= 0.6 is 0 Å². The molecule has 1 aliphatic heterocycles. The second-order valence-corrected chi connectivity index (χ2v) is 9.93. The van der Waals surface area contributed by atoms with Crippen molar-refractivity contribution in [3.05, 3.63) is 77.2 Å². The van der Waals surface area contributed by atoms with E-state index in [4.69, 9.17) is 0 Å². The Morgan fingerprint density at radius 2 is 1.89 bits per heavy atom. The van der Waals surface area contributed by atoms with Crippen molar-refractivity contribution in [2.75, 3.05) is 25.5 Å². The molecule has 0 spiro atoms. The first-order valence-electron chi connectivity index (χ1n) is 12.5. The van der Waals surface area contributed by atoms with Crippen LogP contribution < -0.4 is 10.2 Å². The van der Waals surface area contributed by atoms with Crippen LogP contribution in [0.1, 0.15) is 47.9 Å². The van der Waals surface area contributed by atoms with E-state index in [9.17, 15) is 18.4 Å². The third kappa shape index (κ3) is 5.47. The largest absolute Gasteiger partial charge is 0.360 e. The zero-order chi connectivity index (χ0) is 26.1. The molecule has 2 heterocycles. The van der Waals surface area contributed by atoms with Gasteiger partial charge in [-0.25, -0.2) is 8.78 Å². The van der Waals surface area contributed by atoms with Crippen molar-refractivity contribution in [2.45, 2.75) is 50.0 Å². The number of alkyl halides is 1. The Kier molecular flexibility index (Phi) is 6.90. The lowest BCUT2D eigenvalue weighted by Gasteiger charge is -2.27. The van der Waals surface area contributed by atoms with Crippen LogP contribution in [0.2, 0.25) is 0 Å². The standard InChI is InChI=1S/C27H30F2N6O2/c1-33(2)24-14-30-35(32-24)16-25(36)34-15-20(28)13-23(34)27(37)31-26(18-6-4-3-5-7-18)19-10-11-21(17-8-9-17)22(29)12-19/h3-7,10-12,14,17,20,23,26H,8-9,13,15-16H2,1-2H3,(H,31,37). The Bertz CT molecular complexity index is 1280. The van der Waals surface area contributed by atoms with Crippen molar-refractivity contribution in [1.82, 2.24) is 25.2 Å². The highest BCUT2D eigenvalue weighted by Gasteiger charge is 2.40. The van der Waals surface area contributed by atoms with Gasteiger partial charge in [0, 0.05) is 20.5 Å². The van der Waals surface area contributed by atoms with Crippen LogP contribution in [0.4, 0.5) is 14.6 Å². The van der Waals surface area contributed by atoms with Gasteiger partial charge in [0.25, 0.3) is 0 Å². The molecule has 1 aromatic heterocycles. The molecule has 2 amide bonds. The molecule has 3 aromatic rings. The number of likely N-dealkylation sites (tertiary alicyclic amines) is 1. The van der Waals surface area contributed by atoms with E-state index in [1.807, 2.05) is 36.4 Å². The highest BCUT2D eigenvalue weighted by molar-refractivity contribution is 5.88. The number of hydrogen-bond acceptors (Lipinski definition) is 5. The Hall–Kier alpha value is -3.82. The second kappa shape index (κ2) is 10.3. The molecule has 8 nitrogen and oxygen atoms in total. The molecule has 194 valence electrons. The molecule has 1 saturated heterocycles. The van der Waals surface area contributed by atoms with Gasteiger partial charge in [-0.2, -0.15) is 9.90 Å². The van der Waals surface area contributed by atoms with Crippen LogP contribution in [-0.2, 0) is 16.1 Å².